The molecular formula is C21H21F6N3O3. The molecular weight excluding hydrogens is 456 g/mol. The Morgan fingerprint density at radius 3 is 2.30 bits per heavy atom. The molecule has 1 saturated carbocycles. The summed E-state index contributed by atoms with van der Waals surface area (Å²) in [6, 6.07) is 3.62. The van der Waals surface area contributed by atoms with E-state index in [4.69, 9.17) is 0 Å². The molecule has 0 aliphatic heterocycles. The number of alkyl halides is 6. The van der Waals surface area contributed by atoms with Gasteiger partial charge in [-0.25, -0.2) is 9.48 Å². The van der Waals surface area contributed by atoms with Crippen molar-refractivity contribution in [3.05, 3.63) is 47.3 Å². The number of nitrogens with zero attached hydrogens (tertiary/aromatic N) is 2. The lowest BCUT2D eigenvalue weighted by Crippen LogP contribution is -2.47. The summed E-state index contributed by atoms with van der Waals surface area (Å²) in [6.07, 6.45) is -7.54. The highest BCUT2D eigenvalue weighted by molar-refractivity contribution is 5.94. The molecule has 0 bridgehead atoms. The second-order valence-electron chi connectivity index (χ2n) is 7.60. The predicted octanol–water partition coefficient (Wildman–Crippen LogP) is 4.92. The Balaban J connectivity index is 1.83. The molecule has 180 valence electrons. The van der Waals surface area contributed by atoms with Gasteiger partial charge < -0.3 is 10.1 Å². The zero-order chi connectivity index (χ0) is 24.4. The van der Waals surface area contributed by atoms with Crippen molar-refractivity contribution in [3.63, 3.8) is 0 Å². The number of hydrogen-bond donors (Lipinski definition) is 1. The molecule has 1 heterocycles. The number of halogens is 6. The Hall–Kier alpha value is -3.05. The van der Waals surface area contributed by atoms with Crippen LogP contribution in [-0.4, -0.2) is 40.5 Å². The number of nitrogens with one attached hydrogen (secondary N) is 1. The Kier molecular flexibility index (Phi) is 7.03. The van der Waals surface area contributed by atoms with Gasteiger partial charge in [-0.05, 0) is 44.0 Å². The van der Waals surface area contributed by atoms with Crippen LogP contribution in [0.25, 0.3) is 5.69 Å². The van der Waals surface area contributed by atoms with Gasteiger partial charge in [0.1, 0.15) is 5.56 Å². The summed E-state index contributed by atoms with van der Waals surface area (Å²) >= 11 is 0. The third-order valence-corrected chi connectivity index (χ3v) is 5.41. The van der Waals surface area contributed by atoms with Crippen LogP contribution in [-0.2, 0) is 10.9 Å². The molecule has 2 unspecified atom stereocenters. The van der Waals surface area contributed by atoms with Crippen LogP contribution < -0.4 is 5.32 Å². The fourth-order valence-electron chi connectivity index (χ4n) is 3.88. The van der Waals surface area contributed by atoms with Gasteiger partial charge in [0.2, 0.25) is 0 Å². The van der Waals surface area contributed by atoms with E-state index in [1.807, 2.05) is 0 Å². The van der Waals surface area contributed by atoms with Crippen molar-refractivity contribution in [1.29, 1.82) is 0 Å². The van der Waals surface area contributed by atoms with E-state index in [1.165, 1.54) is 19.1 Å². The average molecular weight is 477 g/mol. The fourth-order valence-corrected chi connectivity index (χ4v) is 3.88. The minimum Gasteiger partial charge on any atom is -0.462 e. The first-order valence-corrected chi connectivity index (χ1v) is 10.2. The number of hydrogen-bond acceptors (Lipinski definition) is 4. The van der Waals surface area contributed by atoms with Crippen molar-refractivity contribution < 1.29 is 40.7 Å². The van der Waals surface area contributed by atoms with Crippen LogP contribution in [0.15, 0.2) is 30.5 Å². The molecule has 0 spiro atoms. The van der Waals surface area contributed by atoms with Gasteiger partial charge in [0.25, 0.3) is 5.91 Å². The summed E-state index contributed by atoms with van der Waals surface area (Å²) < 4.78 is 85.7. The molecule has 0 saturated heterocycles. The normalized spacial score (nSPS) is 19.2. The quantitative estimate of drug-likeness (QED) is 0.490. The van der Waals surface area contributed by atoms with Crippen molar-refractivity contribution in [1.82, 2.24) is 15.1 Å². The zero-order valence-electron chi connectivity index (χ0n) is 17.5. The first-order chi connectivity index (χ1) is 15.4. The Bertz CT molecular complexity index is 998. The SMILES string of the molecule is CCOC(=O)c1cnn(-c2ccc(C(=O)NC3CCCCC3C(F)(F)F)cc2)c1C(F)(F)F. The van der Waals surface area contributed by atoms with Gasteiger partial charge in [0.15, 0.2) is 5.69 Å². The molecule has 1 aromatic heterocycles. The lowest BCUT2D eigenvalue weighted by atomic mass is 9.84. The molecule has 12 heteroatoms. The van der Waals surface area contributed by atoms with E-state index in [9.17, 15) is 35.9 Å². The Morgan fingerprint density at radius 1 is 1.09 bits per heavy atom. The maximum absolute atomic E-state index is 13.6. The van der Waals surface area contributed by atoms with Crippen molar-refractivity contribution in [2.45, 2.75) is 51.0 Å². The molecule has 1 fully saturated rings. The predicted molar refractivity (Wildman–Crippen MR) is 104 cm³/mol. The van der Waals surface area contributed by atoms with Gasteiger partial charge >= 0.3 is 18.3 Å². The minimum absolute atomic E-state index is 0.0171. The highest BCUT2D eigenvalue weighted by Gasteiger charge is 2.46. The van der Waals surface area contributed by atoms with E-state index >= 15 is 0 Å². The third-order valence-electron chi connectivity index (χ3n) is 5.41. The lowest BCUT2D eigenvalue weighted by molar-refractivity contribution is -0.187. The van der Waals surface area contributed by atoms with Gasteiger partial charge in [-0.15, -0.1) is 0 Å². The molecule has 2 atom stereocenters. The van der Waals surface area contributed by atoms with Gasteiger partial charge in [-0.1, -0.05) is 12.8 Å². The second-order valence-corrected chi connectivity index (χ2v) is 7.60. The molecule has 2 aromatic rings. The zero-order valence-corrected chi connectivity index (χ0v) is 17.5. The molecule has 1 N–H and O–H groups in total. The molecule has 3 rings (SSSR count). The summed E-state index contributed by atoms with van der Waals surface area (Å²) in [5, 5.41) is 6.03. The fraction of sp³-hybridized carbons (Fsp3) is 0.476. The number of rotatable bonds is 5. The standard InChI is InChI=1S/C21H21F6N3O3/c1-2-33-19(32)14-11-28-30(17(14)21(25,26)27)13-9-7-12(8-10-13)18(31)29-16-6-4-3-5-15(16)20(22,23)24/h7-11,15-16H,2-6H2,1H3,(H,29,31). The smallest absolute Gasteiger partial charge is 0.434 e. The van der Waals surface area contributed by atoms with E-state index < -0.39 is 47.4 Å². The van der Waals surface area contributed by atoms with Crippen LogP contribution in [0.3, 0.4) is 0 Å². The number of amides is 1. The largest absolute Gasteiger partial charge is 0.462 e. The van der Waals surface area contributed by atoms with Gasteiger partial charge in [0.05, 0.1) is 24.4 Å². The third kappa shape index (κ3) is 5.48. The molecule has 1 aromatic carbocycles. The van der Waals surface area contributed by atoms with Crippen LogP contribution in [0.2, 0.25) is 0 Å². The highest BCUT2D eigenvalue weighted by Crippen LogP contribution is 2.38. The molecule has 1 aliphatic carbocycles. The van der Waals surface area contributed by atoms with E-state index in [0.717, 1.165) is 18.3 Å². The summed E-state index contributed by atoms with van der Waals surface area (Å²) in [4.78, 5) is 24.4. The van der Waals surface area contributed by atoms with Crippen molar-refractivity contribution in [3.8, 4) is 5.69 Å². The van der Waals surface area contributed by atoms with Gasteiger partial charge in [-0.2, -0.15) is 31.4 Å². The minimum atomic E-state index is -4.93. The number of benzene rings is 1. The van der Waals surface area contributed by atoms with E-state index in [0.29, 0.717) is 17.5 Å². The number of esters is 1. The monoisotopic (exact) mass is 477 g/mol. The van der Waals surface area contributed by atoms with Gasteiger partial charge in [-0.3, -0.25) is 4.79 Å². The van der Waals surface area contributed by atoms with Crippen molar-refractivity contribution >= 4 is 11.9 Å². The van der Waals surface area contributed by atoms with E-state index in [-0.39, 0.29) is 30.7 Å². The number of ether oxygens (including phenoxy) is 1. The molecule has 1 aliphatic rings. The Labute approximate surface area is 184 Å². The summed E-state index contributed by atoms with van der Waals surface area (Å²) in [6.45, 7) is 1.32. The molecule has 33 heavy (non-hydrogen) atoms. The van der Waals surface area contributed by atoms with Crippen LogP contribution in [0.1, 0.15) is 59.0 Å². The first-order valence-electron chi connectivity index (χ1n) is 10.2. The van der Waals surface area contributed by atoms with E-state index in [2.05, 4.69) is 15.2 Å². The summed E-state index contributed by atoms with van der Waals surface area (Å²) in [5.74, 6) is -3.58. The van der Waals surface area contributed by atoms with Crippen molar-refractivity contribution in [2.24, 2.45) is 5.92 Å². The number of aromatic nitrogens is 2. The maximum Gasteiger partial charge on any atom is 0.434 e. The van der Waals surface area contributed by atoms with Crippen LogP contribution in [0.4, 0.5) is 26.3 Å². The van der Waals surface area contributed by atoms with Gasteiger partial charge in [0, 0.05) is 11.6 Å². The van der Waals surface area contributed by atoms with Crippen LogP contribution in [0, 0.1) is 5.92 Å². The molecule has 1 amide bonds. The summed E-state index contributed by atoms with van der Waals surface area (Å²) in [7, 11) is 0. The molecule has 0 radical (unpaired) electrons. The van der Waals surface area contributed by atoms with Crippen molar-refractivity contribution in [2.75, 3.05) is 6.61 Å². The summed E-state index contributed by atoms with van der Waals surface area (Å²) in [5.41, 5.74) is -2.22. The number of carbonyl (C=O) groups excluding carboxylic acids is 2. The van der Waals surface area contributed by atoms with E-state index in [1.54, 1.807) is 0 Å². The average Bonchev–Trinajstić information content (AvgIpc) is 3.20. The molecule has 6 nitrogen and oxygen atoms in total. The number of carbonyl (C=O) groups is 2. The van der Waals surface area contributed by atoms with Crippen LogP contribution in [0.5, 0.6) is 0 Å². The maximum atomic E-state index is 13.6. The Morgan fingerprint density at radius 2 is 1.73 bits per heavy atom. The first kappa shape index (κ1) is 24.6. The van der Waals surface area contributed by atoms with Crippen LogP contribution >= 0.6 is 0 Å². The topological polar surface area (TPSA) is 73.2 Å². The highest BCUT2D eigenvalue weighted by atomic mass is 19.4. The lowest BCUT2D eigenvalue weighted by Gasteiger charge is -2.33. The second kappa shape index (κ2) is 9.44.